The van der Waals surface area contributed by atoms with Gasteiger partial charge in [-0.15, -0.1) is 0 Å². The Labute approximate surface area is 120 Å². The van der Waals surface area contributed by atoms with Crippen LogP contribution in [-0.4, -0.2) is 5.11 Å². The molecule has 0 saturated heterocycles. The third-order valence-electron chi connectivity index (χ3n) is 4.42. The van der Waals surface area contributed by atoms with Crippen molar-refractivity contribution < 1.29 is 5.11 Å². The summed E-state index contributed by atoms with van der Waals surface area (Å²) in [6, 6.07) is 14.6. The van der Waals surface area contributed by atoms with Crippen molar-refractivity contribution in [1.29, 1.82) is 0 Å². The third kappa shape index (κ3) is 2.51. The summed E-state index contributed by atoms with van der Waals surface area (Å²) in [5.74, 6) is 0.902. The summed E-state index contributed by atoms with van der Waals surface area (Å²) in [5, 5.41) is 13.2. The summed E-state index contributed by atoms with van der Waals surface area (Å²) in [6.45, 7) is 4.42. The summed E-state index contributed by atoms with van der Waals surface area (Å²) in [5.41, 5.74) is 2.49. The molecule has 0 aliphatic heterocycles. The van der Waals surface area contributed by atoms with Crippen molar-refractivity contribution in [3.8, 4) is 0 Å². The highest BCUT2D eigenvalue weighted by Crippen LogP contribution is 2.38. The largest absolute Gasteiger partial charge is 0.388 e. The average molecular weight is 266 g/mol. The van der Waals surface area contributed by atoms with Gasteiger partial charge in [-0.05, 0) is 47.9 Å². The maximum atomic E-state index is 10.9. The second-order valence-corrected chi connectivity index (χ2v) is 6.20. The zero-order chi connectivity index (χ0) is 14.1. The number of aliphatic hydroxyl groups is 1. The lowest BCUT2D eigenvalue weighted by atomic mass is 9.78. The maximum absolute atomic E-state index is 10.9. The first-order valence-corrected chi connectivity index (χ1v) is 7.48. The quantitative estimate of drug-likeness (QED) is 0.769. The van der Waals surface area contributed by atoms with E-state index < -0.39 is 0 Å². The summed E-state index contributed by atoms with van der Waals surface area (Å²) in [6.07, 6.45) is 4.05. The Kier molecular flexibility index (Phi) is 3.62. The first-order chi connectivity index (χ1) is 9.65. The van der Waals surface area contributed by atoms with E-state index in [-0.39, 0.29) is 6.10 Å². The van der Waals surface area contributed by atoms with Gasteiger partial charge in [0.2, 0.25) is 0 Å². The van der Waals surface area contributed by atoms with E-state index in [0.29, 0.717) is 11.8 Å². The van der Waals surface area contributed by atoms with E-state index in [9.17, 15) is 5.11 Å². The lowest BCUT2D eigenvalue weighted by Crippen LogP contribution is -2.19. The van der Waals surface area contributed by atoms with E-state index >= 15 is 0 Å². The predicted octanol–water partition coefficient (Wildman–Crippen LogP) is 4.87. The van der Waals surface area contributed by atoms with Gasteiger partial charge in [-0.3, -0.25) is 0 Å². The van der Waals surface area contributed by atoms with Crippen LogP contribution in [0.1, 0.15) is 38.4 Å². The second kappa shape index (κ2) is 5.41. The third-order valence-corrected chi connectivity index (χ3v) is 4.42. The Morgan fingerprint density at radius 2 is 1.85 bits per heavy atom. The van der Waals surface area contributed by atoms with Crippen molar-refractivity contribution >= 4 is 10.8 Å². The van der Waals surface area contributed by atoms with Gasteiger partial charge in [0.1, 0.15) is 0 Å². The number of allylic oxidation sites excluding steroid dienone is 2. The molecule has 0 heterocycles. The van der Waals surface area contributed by atoms with Gasteiger partial charge in [0.25, 0.3) is 0 Å². The van der Waals surface area contributed by atoms with Gasteiger partial charge in [0, 0.05) is 0 Å². The summed E-state index contributed by atoms with van der Waals surface area (Å²) in [4.78, 5) is 0. The zero-order valence-corrected chi connectivity index (χ0v) is 12.2. The highest BCUT2D eigenvalue weighted by molar-refractivity contribution is 5.86. The molecule has 0 amide bonds. The topological polar surface area (TPSA) is 20.2 Å². The summed E-state index contributed by atoms with van der Waals surface area (Å²) < 4.78 is 0. The minimum Gasteiger partial charge on any atom is -0.388 e. The molecule has 1 nitrogen and oxygen atoms in total. The number of hydrogen-bond acceptors (Lipinski definition) is 1. The molecule has 0 fully saturated rings. The monoisotopic (exact) mass is 266 g/mol. The number of hydrogen-bond donors (Lipinski definition) is 1. The van der Waals surface area contributed by atoms with Crippen LogP contribution >= 0.6 is 0 Å². The van der Waals surface area contributed by atoms with Crippen LogP contribution in [0.3, 0.4) is 0 Å². The van der Waals surface area contributed by atoms with Crippen LogP contribution in [0.2, 0.25) is 0 Å². The SMILES string of the molecule is CC1=CC(C)CC(C(O)c2cccc3ccccc23)C1. The van der Waals surface area contributed by atoms with Gasteiger partial charge < -0.3 is 5.11 Å². The van der Waals surface area contributed by atoms with Crippen LogP contribution < -0.4 is 0 Å². The molecule has 0 radical (unpaired) electrons. The van der Waals surface area contributed by atoms with Gasteiger partial charge in [0.05, 0.1) is 6.10 Å². The van der Waals surface area contributed by atoms with Crippen LogP contribution in [0.5, 0.6) is 0 Å². The minimum absolute atomic E-state index is 0.334. The number of fused-ring (bicyclic) bond motifs is 1. The molecule has 104 valence electrons. The number of benzene rings is 2. The Bertz CT molecular complexity index is 636. The number of aliphatic hydroxyl groups excluding tert-OH is 1. The first kappa shape index (κ1) is 13.4. The predicted molar refractivity (Wildman–Crippen MR) is 84.6 cm³/mol. The van der Waals surface area contributed by atoms with Crippen LogP contribution in [0, 0.1) is 11.8 Å². The smallest absolute Gasteiger partial charge is 0.0827 e. The Hall–Kier alpha value is -1.60. The fourth-order valence-electron chi connectivity index (χ4n) is 3.60. The molecule has 0 spiro atoms. The molecule has 0 bridgehead atoms. The zero-order valence-electron chi connectivity index (χ0n) is 12.2. The van der Waals surface area contributed by atoms with Crippen LogP contribution in [-0.2, 0) is 0 Å². The molecule has 1 heteroatoms. The standard InChI is InChI=1S/C19H22O/c1-13-10-14(2)12-16(11-13)19(20)18-9-5-7-15-6-3-4-8-17(15)18/h3-10,13,16,19-20H,11-12H2,1-2H3. The molecule has 2 aromatic rings. The van der Waals surface area contributed by atoms with Crippen molar-refractivity contribution in [2.75, 3.05) is 0 Å². The molecule has 1 aliphatic carbocycles. The van der Waals surface area contributed by atoms with E-state index in [2.05, 4.69) is 50.3 Å². The molecule has 3 unspecified atom stereocenters. The fourth-order valence-corrected chi connectivity index (χ4v) is 3.60. The van der Waals surface area contributed by atoms with Gasteiger partial charge in [-0.2, -0.15) is 0 Å². The average Bonchev–Trinajstić information content (AvgIpc) is 2.45. The molecular weight excluding hydrogens is 244 g/mol. The Morgan fingerprint density at radius 3 is 2.65 bits per heavy atom. The Balaban J connectivity index is 1.97. The maximum Gasteiger partial charge on any atom is 0.0827 e. The lowest BCUT2D eigenvalue weighted by molar-refractivity contribution is 0.0945. The molecule has 2 aromatic carbocycles. The summed E-state index contributed by atoms with van der Waals surface area (Å²) >= 11 is 0. The van der Waals surface area contributed by atoms with Crippen molar-refractivity contribution in [2.45, 2.75) is 32.8 Å². The molecule has 20 heavy (non-hydrogen) atoms. The minimum atomic E-state index is -0.368. The highest BCUT2D eigenvalue weighted by atomic mass is 16.3. The second-order valence-electron chi connectivity index (χ2n) is 6.20. The van der Waals surface area contributed by atoms with Gasteiger partial charge in [-0.1, -0.05) is 61.0 Å². The molecule has 1 N–H and O–H groups in total. The van der Waals surface area contributed by atoms with Crippen LogP contribution in [0.4, 0.5) is 0 Å². The van der Waals surface area contributed by atoms with E-state index in [1.807, 2.05) is 12.1 Å². The van der Waals surface area contributed by atoms with E-state index in [4.69, 9.17) is 0 Å². The fraction of sp³-hybridized carbons (Fsp3) is 0.368. The van der Waals surface area contributed by atoms with E-state index in [0.717, 1.165) is 18.4 Å². The molecular formula is C19H22O. The van der Waals surface area contributed by atoms with E-state index in [1.54, 1.807) is 0 Å². The molecule has 0 saturated carbocycles. The normalized spacial score (nSPS) is 24.4. The van der Waals surface area contributed by atoms with Crippen molar-refractivity contribution in [3.63, 3.8) is 0 Å². The lowest BCUT2D eigenvalue weighted by Gasteiger charge is -2.30. The Morgan fingerprint density at radius 1 is 1.10 bits per heavy atom. The molecule has 3 rings (SSSR count). The summed E-state index contributed by atoms with van der Waals surface area (Å²) in [7, 11) is 0. The highest BCUT2D eigenvalue weighted by Gasteiger charge is 2.26. The van der Waals surface area contributed by atoms with Gasteiger partial charge >= 0.3 is 0 Å². The first-order valence-electron chi connectivity index (χ1n) is 7.48. The van der Waals surface area contributed by atoms with Crippen LogP contribution in [0.15, 0.2) is 54.1 Å². The molecule has 3 atom stereocenters. The van der Waals surface area contributed by atoms with Crippen LogP contribution in [0.25, 0.3) is 10.8 Å². The van der Waals surface area contributed by atoms with Crippen molar-refractivity contribution in [2.24, 2.45) is 11.8 Å². The molecule has 1 aliphatic rings. The van der Waals surface area contributed by atoms with Crippen molar-refractivity contribution in [3.05, 3.63) is 59.7 Å². The molecule has 0 aromatic heterocycles. The van der Waals surface area contributed by atoms with Gasteiger partial charge in [-0.25, -0.2) is 0 Å². The van der Waals surface area contributed by atoms with Gasteiger partial charge in [0.15, 0.2) is 0 Å². The number of rotatable bonds is 2. The van der Waals surface area contributed by atoms with Crippen molar-refractivity contribution in [1.82, 2.24) is 0 Å². The van der Waals surface area contributed by atoms with E-state index in [1.165, 1.54) is 16.3 Å².